The van der Waals surface area contributed by atoms with Crippen molar-refractivity contribution >= 4 is 46.1 Å². The molecule has 4 heteroatoms. The van der Waals surface area contributed by atoms with E-state index in [1.165, 1.54) is 0 Å². The van der Waals surface area contributed by atoms with Crippen LogP contribution >= 0.6 is 0 Å². The maximum absolute atomic E-state index is 0. The second kappa shape index (κ2) is 17.3. The van der Waals surface area contributed by atoms with Gasteiger partial charge in [0.1, 0.15) is 0 Å². The van der Waals surface area contributed by atoms with Gasteiger partial charge in [0.05, 0.1) is 0 Å². The largest absolute Gasteiger partial charge is 0.316 e. The normalized spacial score (nSPS) is 0. The molecule has 0 saturated heterocycles. The Labute approximate surface area is 81.4 Å². The van der Waals surface area contributed by atoms with Gasteiger partial charge in [-0.3, -0.25) is 0 Å². The maximum Gasteiger partial charge on any atom is 0.316 e. The molecule has 1 radical (unpaired) electrons. The Morgan fingerprint density at radius 1 is 0.750 bits per heavy atom. The summed E-state index contributed by atoms with van der Waals surface area (Å²) >= 11 is 0. The molecule has 4 heavy (non-hydrogen) atoms. The van der Waals surface area contributed by atoms with Crippen molar-refractivity contribution in [2.24, 2.45) is 0 Å². The molecule has 0 spiro atoms. The van der Waals surface area contributed by atoms with E-state index < -0.39 is 0 Å². The van der Waals surface area contributed by atoms with Crippen LogP contribution in [0.2, 0.25) is 0 Å². The van der Waals surface area contributed by atoms with Crippen molar-refractivity contribution in [3.8, 4) is 0 Å². The molecular formula is H4CuMg2Zn. The minimum absolute atomic E-state index is 0. The Bertz CT molecular complexity index is 6.00. The Hall–Kier alpha value is 2.68. The summed E-state index contributed by atoms with van der Waals surface area (Å²) in [7, 11) is 0. The van der Waals surface area contributed by atoms with Crippen LogP contribution in [0.5, 0.6) is 0 Å². The molecular weight excluding hydrogens is 178 g/mol. The summed E-state index contributed by atoms with van der Waals surface area (Å²) in [5.41, 5.74) is 0. The van der Waals surface area contributed by atoms with E-state index in [1.54, 1.807) is 0 Å². The molecule has 0 saturated carbocycles. The second-order valence-electron chi connectivity index (χ2n) is 0. The summed E-state index contributed by atoms with van der Waals surface area (Å²) in [5, 5.41) is 0. The van der Waals surface area contributed by atoms with Crippen LogP contribution in [0.3, 0.4) is 0 Å². The molecule has 0 bridgehead atoms. The first kappa shape index (κ1) is 30.0. The van der Waals surface area contributed by atoms with Crippen molar-refractivity contribution in [2.75, 3.05) is 0 Å². The van der Waals surface area contributed by atoms with E-state index in [9.17, 15) is 0 Å². The maximum atomic E-state index is 0. The van der Waals surface area contributed by atoms with E-state index in [2.05, 4.69) is 0 Å². The zero-order valence-electron chi connectivity index (χ0n) is 1.01. The zero-order valence-corrected chi connectivity index (χ0v) is 4.92. The fraction of sp³-hybridized carbons (Fsp3) is 0. The minimum Gasteiger partial charge on any atom is 0 e. The van der Waals surface area contributed by atoms with Gasteiger partial charge in [-0.25, -0.2) is 0 Å². The van der Waals surface area contributed by atoms with E-state index in [0.717, 1.165) is 0 Å². The monoisotopic (exact) mass is 179 g/mol. The summed E-state index contributed by atoms with van der Waals surface area (Å²) < 4.78 is 0. The third-order valence-electron chi connectivity index (χ3n) is 0. The quantitative estimate of drug-likeness (QED) is 0.386. The van der Waals surface area contributed by atoms with E-state index in [1.807, 2.05) is 0 Å². The first-order valence-corrected chi connectivity index (χ1v) is 0. The van der Waals surface area contributed by atoms with Gasteiger partial charge in [0.25, 0.3) is 0 Å². The first-order chi connectivity index (χ1) is 0. The van der Waals surface area contributed by atoms with Crippen LogP contribution in [0.1, 0.15) is 0 Å². The van der Waals surface area contributed by atoms with Crippen LogP contribution in [0, 0.1) is 0 Å². The standard InChI is InChI=1S/Cu.2Mg.Zn.4H. The Balaban J connectivity index is 0. The van der Waals surface area contributed by atoms with Crippen LogP contribution in [-0.2, 0) is 36.5 Å². The molecule has 0 aromatic carbocycles. The predicted octanol–water partition coefficient (Wildman–Crippen LogP) is -1.84. The summed E-state index contributed by atoms with van der Waals surface area (Å²) in [6.45, 7) is 0. The van der Waals surface area contributed by atoms with Crippen molar-refractivity contribution in [3.05, 3.63) is 0 Å². The van der Waals surface area contributed by atoms with E-state index in [4.69, 9.17) is 0 Å². The van der Waals surface area contributed by atoms with Crippen LogP contribution < -0.4 is 0 Å². The van der Waals surface area contributed by atoms with Gasteiger partial charge in [-0.2, -0.15) is 0 Å². The number of hydrogen-bond donors (Lipinski definition) is 0. The molecule has 0 aliphatic heterocycles. The first-order valence-electron chi connectivity index (χ1n) is 0. The molecule has 0 unspecified atom stereocenters. The van der Waals surface area contributed by atoms with Gasteiger partial charge >= 0.3 is 46.1 Å². The average molecular weight is 182 g/mol. The van der Waals surface area contributed by atoms with Crippen LogP contribution in [-0.4, -0.2) is 46.1 Å². The summed E-state index contributed by atoms with van der Waals surface area (Å²) in [6, 6.07) is 0. The van der Waals surface area contributed by atoms with Crippen LogP contribution in [0.15, 0.2) is 0 Å². The fourth-order valence-corrected chi connectivity index (χ4v) is 0. The summed E-state index contributed by atoms with van der Waals surface area (Å²) in [5.74, 6) is 0. The SMILES string of the molecule is [Cu].[MgH2].[MgH2].[Zn]. The Kier molecular flexibility index (Phi) is 130. The van der Waals surface area contributed by atoms with Crippen molar-refractivity contribution < 1.29 is 36.5 Å². The second-order valence-corrected chi connectivity index (χ2v) is 0. The van der Waals surface area contributed by atoms with Gasteiger partial charge in [-0.15, -0.1) is 0 Å². The number of rotatable bonds is 0. The van der Waals surface area contributed by atoms with Crippen molar-refractivity contribution in [1.82, 2.24) is 0 Å². The van der Waals surface area contributed by atoms with Gasteiger partial charge in [0.2, 0.25) is 0 Å². The molecule has 0 atom stereocenters. The zero-order chi connectivity index (χ0) is 0. The molecule has 0 aliphatic carbocycles. The van der Waals surface area contributed by atoms with Gasteiger partial charge in [0.15, 0.2) is 0 Å². The molecule has 0 N–H and O–H groups in total. The van der Waals surface area contributed by atoms with Gasteiger partial charge in [-0.05, 0) is 0 Å². The fourth-order valence-electron chi connectivity index (χ4n) is 0. The molecule has 0 aliphatic rings. The molecule has 0 aromatic rings. The smallest absolute Gasteiger partial charge is 0 e. The molecule has 0 fully saturated rings. The molecule has 0 nitrogen and oxygen atoms in total. The Morgan fingerprint density at radius 3 is 0.750 bits per heavy atom. The summed E-state index contributed by atoms with van der Waals surface area (Å²) in [6.07, 6.45) is 0. The van der Waals surface area contributed by atoms with E-state index in [-0.39, 0.29) is 82.7 Å². The van der Waals surface area contributed by atoms with Crippen LogP contribution in [0.4, 0.5) is 0 Å². The molecule has 0 aromatic heterocycles. The van der Waals surface area contributed by atoms with Crippen molar-refractivity contribution in [1.29, 1.82) is 0 Å². The van der Waals surface area contributed by atoms with Gasteiger partial charge < -0.3 is 0 Å². The minimum atomic E-state index is 0. The Morgan fingerprint density at radius 2 is 0.750 bits per heavy atom. The van der Waals surface area contributed by atoms with Crippen molar-refractivity contribution in [2.45, 2.75) is 0 Å². The third-order valence-corrected chi connectivity index (χ3v) is 0. The molecule has 21 valence electrons. The molecule has 0 amide bonds. The third kappa shape index (κ3) is 8.82. The van der Waals surface area contributed by atoms with E-state index >= 15 is 0 Å². The topological polar surface area (TPSA) is 0 Å². The number of hydrogen-bond acceptors (Lipinski definition) is 0. The average Bonchev–Trinajstić information content (AvgIpc) is 0. The van der Waals surface area contributed by atoms with Gasteiger partial charge in [0, 0.05) is 36.5 Å². The molecule has 0 heterocycles. The van der Waals surface area contributed by atoms with Crippen LogP contribution in [0.25, 0.3) is 0 Å². The molecule has 0 rings (SSSR count). The predicted molar refractivity (Wildman–Crippen MR) is 17.1 cm³/mol. The van der Waals surface area contributed by atoms with Crippen molar-refractivity contribution in [3.63, 3.8) is 0 Å². The van der Waals surface area contributed by atoms with E-state index in [0.29, 0.717) is 0 Å². The van der Waals surface area contributed by atoms with Gasteiger partial charge in [-0.1, -0.05) is 0 Å². The summed E-state index contributed by atoms with van der Waals surface area (Å²) in [4.78, 5) is 0.